The van der Waals surface area contributed by atoms with Crippen LogP contribution in [0, 0.1) is 23.3 Å². The molecule has 0 heterocycles. The van der Waals surface area contributed by atoms with E-state index in [2.05, 4.69) is 0 Å². The van der Waals surface area contributed by atoms with E-state index in [-0.39, 0.29) is 29.8 Å². The third-order valence-corrected chi connectivity index (χ3v) is 6.90. The lowest BCUT2D eigenvalue weighted by molar-refractivity contribution is 0.122. The minimum Gasteiger partial charge on any atom is -0.393 e. The molecular weight excluding hydrogens is 456 g/mol. The van der Waals surface area contributed by atoms with Crippen molar-refractivity contribution in [1.29, 1.82) is 0 Å². The lowest BCUT2D eigenvalue weighted by atomic mass is 9.82. The van der Waals surface area contributed by atoms with Crippen LogP contribution in [-0.2, 0) is 24.2 Å². The van der Waals surface area contributed by atoms with Gasteiger partial charge in [-0.25, -0.2) is 17.6 Å². The van der Waals surface area contributed by atoms with Crippen LogP contribution in [0.15, 0.2) is 48.5 Å². The van der Waals surface area contributed by atoms with Crippen LogP contribution in [0.2, 0.25) is 0 Å². The van der Waals surface area contributed by atoms with Crippen molar-refractivity contribution in [3.05, 3.63) is 94.1 Å². The Hall–Kier alpha value is -2.70. The summed E-state index contributed by atoms with van der Waals surface area (Å²) in [4.78, 5) is 0. The molecular formula is C29H30F4O2. The van der Waals surface area contributed by atoms with Gasteiger partial charge >= 0.3 is 0 Å². The number of hydrogen-bond acceptors (Lipinski definition) is 2. The second-order valence-electron chi connectivity index (χ2n) is 9.18. The first kappa shape index (κ1) is 25.4. The van der Waals surface area contributed by atoms with E-state index in [1.165, 1.54) is 12.1 Å². The summed E-state index contributed by atoms with van der Waals surface area (Å²) in [6, 6.07) is 13.4. The predicted octanol–water partition coefficient (Wildman–Crippen LogP) is 7.25. The molecule has 0 aliphatic heterocycles. The Labute approximate surface area is 203 Å². The molecule has 1 fully saturated rings. The van der Waals surface area contributed by atoms with Gasteiger partial charge in [0.25, 0.3) is 0 Å². The van der Waals surface area contributed by atoms with Crippen LogP contribution < -0.4 is 0 Å². The van der Waals surface area contributed by atoms with E-state index in [1.54, 1.807) is 43.3 Å². The summed E-state index contributed by atoms with van der Waals surface area (Å²) in [6.07, 6.45) is 2.98. The number of aliphatic hydroxyl groups is 1. The first-order valence-electron chi connectivity index (χ1n) is 12.2. The molecule has 3 aromatic rings. The Morgan fingerprint density at radius 1 is 0.743 bits per heavy atom. The quantitative estimate of drug-likeness (QED) is 0.340. The molecule has 0 amide bonds. The monoisotopic (exact) mass is 486 g/mol. The molecule has 186 valence electrons. The molecule has 4 rings (SSSR count). The fourth-order valence-electron chi connectivity index (χ4n) is 4.77. The van der Waals surface area contributed by atoms with Crippen molar-refractivity contribution < 1.29 is 27.4 Å². The van der Waals surface area contributed by atoms with Crippen LogP contribution in [0.3, 0.4) is 0 Å². The van der Waals surface area contributed by atoms with Gasteiger partial charge < -0.3 is 9.84 Å². The van der Waals surface area contributed by atoms with Gasteiger partial charge in [0.05, 0.1) is 12.7 Å². The molecule has 1 aliphatic carbocycles. The van der Waals surface area contributed by atoms with Crippen LogP contribution in [-0.4, -0.2) is 17.8 Å². The van der Waals surface area contributed by atoms with Crippen molar-refractivity contribution in [3.8, 4) is 11.1 Å². The van der Waals surface area contributed by atoms with Crippen molar-refractivity contribution >= 4 is 0 Å². The number of aliphatic hydroxyl groups excluding tert-OH is 1. The maximum absolute atomic E-state index is 14.8. The number of rotatable bonds is 8. The van der Waals surface area contributed by atoms with Gasteiger partial charge in [0.2, 0.25) is 0 Å². The summed E-state index contributed by atoms with van der Waals surface area (Å²) in [5.74, 6) is -3.49. The molecule has 3 aromatic carbocycles. The lowest BCUT2D eigenvalue weighted by Crippen LogP contribution is -2.18. The summed E-state index contributed by atoms with van der Waals surface area (Å²) in [5.41, 5.74) is 2.45. The zero-order chi connectivity index (χ0) is 24.9. The number of aryl methyl sites for hydroxylation is 2. The van der Waals surface area contributed by atoms with Crippen molar-refractivity contribution in [1.82, 2.24) is 0 Å². The summed E-state index contributed by atoms with van der Waals surface area (Å²) in [7, 11) is 0. The number of hydrogen-bond donors (Lipinski definition) is 1. The smallest absolute Gasteiger partial charge is 0.167 e. The minimum absolute atomic E-state index is 0.0143. The minimum atomic E-state index is -0.917. The van der Waals surface area contributed by atoms with Gasteiger partial charge in [-0.2, -0.15) is 0 Å². The number of halogens is 4. The average Bonchev–Trinajstić information content (AvgIpc) is 2.87. The van der Waals surface area contributed by atoms with Gasteiger partial charge in [0.1, 0.15) is 0 Å². The normalized spacial score (nSPS) is 18.1. The predicted molar refractivity (Wildman–Crippen MR) is 128 cm³/mol. The van der Waals surface area contributed by atoms with Gasteiger partial charge in [-0.05, 0) is 73.6 Å². The number of benzene rings is 3. The van der Waals surface area contributed by atoms with E-state index in [0.717, 1.165) is 5.56 Å². The van der Waals surface area contributed by atoms with Gasteiger partial charge in [-0.1, -0.05) is 48.5 Å². The van der Waals surface area contributed by atoms with Gasteiger partial charge in [-0.15, -0.1) is 0 Å². The molecule has 0 saturated heterocycles. The zero-order valence-corrected chi connectivity index (χ0v) is 19.8. The van der Waals surface area contributed by atoms with Crippen molar-refractivity contribution in [2.75, 3.05) is 6.61 Å². The summed E-state index contributed by atoms with van der Waals surface area (Å²) in [5, 5.41) is 9.66. The Bertz CT molecular complexity index is 1150. The Kier molecular flexibility index (Phi) is 8.24. The highest BCUT2D eigenvalue weighted by Gasteiger charge is 2.25. The second-order valence-corrected chi connectivity index (χ2v) is 9.18. The van der Waals surface area contributed by atoms with E-state index in [9.17, 15) is 22.7 Å². The Balaban J connectivity index is 1.43. The summed E-state index contributed by atoms with van der Waals surface area (Å²) in [6.45, 7) is 2.21. The van der Waals surface area contributed by atoms with Gasteiger partial charge in [-0.3, -0.25) is 0 Å². The molecule has 1 saturated carbocycles. The zero-order valence-electron chi connectivity index (χ0n) is 19.8. The van der Waals surface area contributed by atoms with Crippen LogP contribution in [0.5, 0.6) is 0 Å². The molecule has 0 spiro atoms. The molecule has 1 aliphatic rings. The highest BCUT2D eigenvalue weighted by molar-refractivity contribution is 5.65. The SMILES string of the molecule is CCOCc1ccc(-c2ccc(CCc3ccc(C4CCC(O)CC4)c(F)c3F)cc2)c(F)c1F. The third-order valence-electron chi connectivity index (χ3n) is 6.90. The fraction of sp³-hybridized carbons (Fsp3) is 0.379. The highest BCUT2D eigenvalue weighted by Crippen LogP contribution is 2.35. The van der Waals surface area contributed by atoms with Crippen molar-refractivity contribution in [2.24, 2.45) is 0 Å². The van der Waals surface area contributed by atoms with Gasteiger partial charge in [0, 0.05) is 17.7 Å². The second kappa shape index (κ2) is 11.4. The van der Waals surface area contributed by atoms with Crippen molar-refractivity contribution in [2.45, 2.75) is 64.1 Å². The lowest BCUT2D eigenvalue weighted by Gasteiger charge is -2.26. The first-order chi connectivity index (χ1) is 16.9. The maximum Gasteiger partial charge on any atom is 0.167 e. The summed E-state index contributed by atoms with van der Waals surface area (Å²) >= 11 is 0. The van der Waals surface area contributed by atoms with E-state index in [4.69, 9.17) is 4.74 Å². The van der Waals surface area contributed by atoms with Crippen LogP contribution >= 0.6 is 0 Å². The number of ether oxygens (including phenoxy) is 1. The van der Waals surface area contributed by atoms with Crippen LogP contribution in [0.25, 0.3) is 11.1 Å². The fourth-order valence-corrected chi connectivity index (χ4v) is 4.77. The first-order valence-corrected chi connectivity index (χ1v) is 12.2. The van der Waals surface area contributed by atoms with Gasteiger partial charge in [0.15, 0.2) is 23.3 Å². The highest BCUT2D eigenvalue weighted by atomic mass is 19.2. The summed E-state index contributed by atoms with van der Waals surface area (Å²) < 4.78 is 63.7. The topological polar surface area (TPSA) is 29.5 Å². The van der Waals surface area contributed by atoms with E-state index >= 15 is 0 Å². The van der Waals surface area contributed by atoms with Crippen LogP contribution in [0.1, 0.15) is 60.8 Å². The molecule has 6 heteroatoms. The Morgan fingerprint density at radius 2 is 1.40 bits per heavy atom. The molecule has 0 aromatic heterocycles. The standard InChI is InChI=1S/C29H30F4O2/c1-2-35-17-22-12-16-25(29(33)27(22)31)19-6-3-18(4-7-19)5-8-21-11-15-24(28(32)26(21)30)20-9-13-23(34)14-10-20/h3-4,6-7,11-12,15-16,20,23,34H,2,5,8-10,13-14,17H2,1H3. The average molecular weight is 487 g/mol. The molecule has 0 atom stereocenters. The molecule has 0 bridgehead atoms. The van der Waals surface area contributed by atoms with Crippen molar-refractivity contribution in [3.63, 3.8) is 0 Å². The molecule has 1 N–H and O–H groups in total. The van der Waals surface area contributed by atoms with E-state index in [0.29, 0.717) is 61.8 Å². The van der Waals surface area contributed by atoms with E-state index in [1.807, 2.05) is 0 Å². The Morgan fingerprint density at radius 3 is 2.09 bits per heavy atom. The molecule has 35 heavy (non-hydrogen) atoms. The molecule has 2 nitrogen and oxygen atoms in total. The largest absolute Gasteiger partial charge is 0.393 e. The third kappa shape index (κ3) is 5.76. The molecule has 0 unspecified atom stereocenters. The van der Waals surface area contributed by atoms with E-state index < -0.39 is 23.3 Å². The maximum atomic E-state index is 14.8. The molecule has 0 radical (unpaired) electrons. The van der Waals surface area contributed by atoms with Crippen LogP contribution in [0.4, 0.5) is 17.6 Å².